The zero-order valence-electron chi connectivity index (χ0n) is 10.2. The highest BCUT2D eigenvalue weighted by Gasteiger charge is 2.34. The number of anilines is 1. The molecular weight excluding hydrogens is 292 g/mol. The second-order valence-corrected chi connectivity index (χ2v) is 7.15. The van der Waals surface area contributed by atoms with Crippen molar-refractivity contribution in [3.05, 3.63) is 18.5 Å². The highest BCUT2D eigenvalue weighted by Crippen LogP contribution is 2.32. The first kappa shape index (κ1) is 14.1. The number of ether oxygens (including phenoxy) is 1. The van der Waals surface area contributed by atoms with Crippen molar-refractivity contribution in [3.63, 3.8) is 0 Å². The van der Waals surface area contributed by atoms with Crippen LogP contribution in [0.1, 0.15) is 6.42 Å². The van der Waals surface area contributed by atoms with E-state index in [0.717, 1.165) is 0 Å². The van der Waals surface area contributed by atoms with E-state index in [9.17, 15) is 13.2 Å². The molecule has 19 heavy (non-hydrogen) atoms. The van der Waals surface area contributed by atoms with Gasteiger partial charge in [-0.25, -0.2) is 8.42 Å². The number of pyridine rings is 1. The summed E-state index contributed by atoms with van der Waals surface area (Å²) in [4.78, 5) is 17.4. The molecular formula is C11H13ClN2O4S. The molecule has 0 aromatic carbocycles. The molecule has 1 aliphatic heterocycles. The van der Waals surface area contributed by atoms with Crippen molar-refractivity contribution in [1.29, 1.82) is 0 Å². The number of rotatable bonds is 4. The topological polar surface area (TPSA) is 76.6 Å². The number of hydrogen-bond donors (Lipinski definition) is 0. The fourth-order valence-electron chi connectivity index (χ4n) is 2.16. The Labute approximate surface area is 115 Å². The van der Waals surface area contributed by atoms with Crippen LogP contribution in [0, 0.1) is 5.92 Å². The fraction of sp³-hybridized carbons (Fsp3) is 0.455. The van der Waals surface area contributed by atoms with Crippen LogP contribution in [0.15, 0.2) is 18.5 Å². The molecule has 0 N–H and O–H groups in total. The lowest BCUT2D eigenvalue weighted by molar-refractivity contribution is -0.117. The normalized spacial score (nSPS) is 19.8. The van der Waals surface area contributed by atoms with Crippen molar-refractivity contribution >= 4 is 31.3 Å². The van der Waals surface area contributed by atoms with Crippen LogP contribution in [0.2, 0.25) is 0 Å². The smallest absolute Gasteiger partial charge is 0.232 e. The lowest BCUT2D eigenvalue weighted by atomic mass is 10.1. The lowest BCUT2D eigenvalue weighted by Gasteiger charge is -2.18. The third-order valence-electron chi connectivity index (χ3n) is 2.91. The average molecular weight is 305 g/mol. The number of aromatic nitrogens is 1. The van der Waals surface area contributed by atoms with Crippen LogP contribution in [-0.4, -0.2) is 38.7 Å². The summed E-state index contributed by atoms with van der Waals surface area (Å²) in [5.74, 6) is -0.145. The van der Waals surface area contributed by atoms with E-state index >= 15 is 0 Å². The van der Waals surface area contributed by atoms with Crippen molar-refractivity contribution < 1.29 is 17.9 Å². The summed E-state index contributed by atoms with van der Waals surface area (Å²) >= 11 is 0. The number of halogens is 1. The molecule has 2 rings (SSSR count). The van der Waals surface area contributed by atoms with Crippen molar-refractivity contribution in [2.75, 3.05) is 24.3 Å². The van der Waals surface area contributed by atoms with Crippen LogP contribution < -0.4 is 9.64 Å². The fourth-order valence-corrected chi connectivity index (χ4v) is 3.48. The van der Waals surface area contributed by atoms with Gasteiger partial charge in [0.05, 0.1) is 19.1 Å². The summed E-state index contributed by atoms with van der Waals surface area (Å²) in [6.45, 7) is 0.298. The van der Waals surface area contributed by atoms with Gasteiger partial charge in [0.2, 0.25) is 15.0 Å². The molecule has 1 saturated heterocycles. The molecule has 1 aliphatic rings. The molecule has 0 radical (unpaired) electrons. The highest BCUT2D eigenvalue weighted by molar-refractivity contribution is 8.13. The van der Waals surface area contributed by atoms with E-state index in [1.807, 2.05) is 0 Å². The maximum Gasteiger partial charge on any atom is 0.232 e. The largest absolute Gasteiger partial charge is 0.494 e. The minimum Gasteiger partial charge on any atom is -0.494 e. The molecule has 6 nitrogen and oxygen atoms in total. The summed E-state index contributed by atoms with van der Waals surface area (Å²) in [6, 6.07) is 1.65. The van der Waals surface area contributed by atoms with E-state index in [2.05, 4.69) is 4.98 Å². The van der Waals surface area contributed by atoms with Gasteiger partial charge in [0.25, 0.3) is 0 Å². The van der Waals surface area contributed by atoms with Crippen LogP contribution in [0.3, 0.4) is 0 Å². The van der Waals surface area contributed by atoms with Crippen LogP contribution in [0.4, 0.5) is 5.69 Å². The Morgan fingerprint density at radius 1 is 1.58 bits per heavy atom. The molecule has 1 aromatic rings. The predicted molar refractivity (Wildman–Crippen MR) is 70.9 cm³/mol. The summed E-state index contributed by atoms with van der Waals surface area (Å²) in [7, 11) is 3.11. The SMILES string of the molecule is COc1ccncc1N1CC(CS(=O)(=O)Cl)CC1=O. The quantitative estimate of drug-likeness (QED) is 0.776. The van der Waals surface area contributed by atoms with Gasteiger partial charge >= 0.3 is 0 Å². The third-order valence-corrected chi connectivity index (χ3v) is 4.16. The predicted octanol–water partition coefficient (Wildman–Crippen LogP) is 1.01. The minimum atomic E-state index is -3.61. The van der Waals surface area contributed by atoms with Crippen molar-refractivity contribution in [1.82, 2.24) is 4.98 Å². The third kappa shape index (κ3) is 3.36. The van der Waals surface area contributed by atoms with Crippen molar-refractivity contribution in [2.45, 2.75) is 6.42 Å². The Hall–Kier alpha value is -1.34. The van der Waals surface area contributed by atoms with Gasteiger partial charge in [0.1, 0.15) is 11.4 Å². The summed E-state index contributed by atoms with van der Waals surface area (Å²) < 4.78 is 27.3. The number of carbonyl (C=O) groups is 1. The van der Waals surface area contributed by atoms with Gasteiger partial charge in [-0.15, -0.1) is 0 Å². The van der Waals surface area contributed by atoms with E-state index in [0.29, 0.717) is 18.0 Å². The summed E-state index contributed by atoms with van der Waals surface area (Å²) in [5, 5.41) is 0. The van der Waals surface area contributed by atoms with E-state index in [4.69, 9.17) is 15.4 Å². The Bertz CT molecular complexity index is 590. The monoisotopic (exact) mass is 304 g/mol. The van der Waals surface area contributed by atoms with Crippen LogP contribution in [0.5, 0.6) is 5.75 Å². The van der Waals surface area contributed by atoms with Gasteiger partial charge in [-0.2, -0.15) is 0 Å². The number of nitrogens with zero attached hydrogens (tertiary/aromatic N) is 2. The molecule has 8 heteroatoms. The zero-order valence-corrected chi connectivity index (χ0v) is 11.8. The molecule has 1 aromatic heterocycles. The van der Waals surface area contributed by atoms with Gasteiger partial charge in [0, 0.05) is 41.8 Å². The maximum absolute atomic E-state index is 11.9. The first-order chi connectivity index (χ1) is 8.90. The zero-order chi connectivity index (χ0) is 14.0. The molecule has 0 aliphatic carbocycles. The van der Waals surface area contributed by atoms with Crippen LogP contribution in [-0.2, 0) is 13.8 Å². The molecule has 1 atom stereocenters. The van der Waals surface area contributed by atoms with E-state index in [1.54, 1.807) is 12.3 Å². The number of amides is 1. The second kappa shape index (κ2) is 5.34. The molecule has 0 spiro atoms. The number of carbonyl (C=O) groups excluding carboxylic acids is 1. The first-order valence-corrected chi connectivity index (χ1v) is 8.09. The molecule has 104 valence electrons. The second-order valence-electron chi connectivity index (χ2n) is 4.33. The Morgan fingerprint density at radius 3 is 2.95 bits per heavy atom. The van der Waals surface area contributed by atoms with E-state index < -0.39 is 9.05 Å². The summed E-state index contributed by atoms with van der Waals surface area (Å²) in [6.07, 6.45) is 3.24. The van der Waals surface area contributed by atoms with Gasteiger partial charge in [-0.05, 0) is 0 Å². The lowest BCUT2D eigenvalue weighted by Crippen LogP contribution is -2.26. The Balaban J connectivity index is 2.20. The summed E-state index contributed by atoms with van der Waals surface area (Å²) in [5.41, 5.74) is 0.546. The van der Waals surface area contributed by atoms with Gasteiger partial charge < -0.3 is 9.64 Å². The molecule has 2 heterocycles. The van der Waals surface area contributed by atoms with E-state index in [1.165, 1.54) is 18.2 Å². The first-order valence-electron chi connectivity index (χ1n) is 5.61. The standard InChI is InChI=1S/C11H13ClN2O4S/c1-18-10-2-3-13-5-9(10)14-6-8(4-11(14)15)7-19(12,16)17/h2-3,5,8H,4,6-7H2,1H3. The molecule has 1 fully saturated rings. The van der Waals surface area contributed by atoms with Crippen LogP contribution >= 0.6 is 10.7 Å². The molecule has 1 unspecified atom stereocenters. The van der Waals surface area contributed by atoms with Gasteiger partial charge in [0.15, 0.2) is 0 Å². The maximum atomic E-state index is 11.9. The molecule has 0 bridgehead atoms. The minimum absolute atomic E-state index is 0.156. The van der Waals surface area contributed by atoms with Crippen molar-refractivity contribution in [2.24, 2.45) is 5.92 Å². The Kier molecular flexibility index (Phi) is 3.96. The number of methoxy groups -OCH3 is 1. The molecule has 0 saturated carbocycles. The molecule has 1 amide bonds. The van der Waals surface area contributed by atoms with E-state index in [-0.39, 0.29) is 24.0 Å². The van der Waals surface area contributed by atoms with Crippen molar-refractivity contribution in [3.8, 4) is 5.75 Å². The average Bonchev–Trinajstić information content (AvgIpc) is 2.67. The van der Waals surface area contributed by atoms with Gasteiger partial charge in [-0.1, -0.05) is 0 Å². The van der Waals surface area contributed by atoms with Crippen LogP contribution in [0.25, 0.3) is 0 Å². The number of hydrogen-bond acceptors (Lipinski definition) is 5. The Morgan fingerprint density at radius 2 is 2.32 bits per heavy atom. The van der Waals surface area contributed by atoms with Gasteiger partial charge in [-0.3, -0.25) is 9.78 Å². The highest BCUT2D eigenvalue weighted by atomic mass is 35.7.